The molecule has 3 aliphatic heterocycles. The van der Waals surface area contributed by atoms with Gasteiger partial charge < -0.3 is 34.4 Å². The minimum atomic E-state index is -0.975. The van der Waals surface area contributed by atoms with Gasteiger partial charge in [0.05, 0.1) is 15.4 Å². The number of amides is 3. The highest BCUT2D eigenvalue weighted by molar-refractivity contribution is 8.27. The fourth-order valence-electron chi connectivity index (χ4n) is 5.26. The monoisotopic (exact) mass is 758 g/mol. The summed E-state index contributed by atoms with van der Waals surface area (Å²) in [5.74, 6) is 1.02. The molecule has 0 atom stereocenters. The molecule has 3 N–H and O–H groups in total. The minimum absolute atomic E-state index is 0.0666. The summed E-state index contributed by atoms with van der Waals surface area (Å²) < 4.78 is 12.4. The molecule has 0 aliphatic carbocycles. The zero-order valence-electron chi connectivity index (χ0n) is 27.0. The van der Waals surface area contributed by atoms with Gasteiger partial charge >= 0.3 is 5.97 Å². The Labute approximate surface area is 312 Å². The second-order valence-electron chi connectivity index (χ2n) is 11.5. The molecule has 3 fully saturated rings. The summed E-state index contributed by atoms with van der Waals surface area (Å²) in [5.41, 5.74) is 2.53. The van der Waals surface area contributed by atoms with E-state index in [9.17, 15) is 19.2 Å². The van der Waals surface area contributed by atoms with Crippen LogP contribution < -0.4 is 10.6 Å². The first-order valence-corrected chi connectivity index (χ1v) is 18.1. The lowest BCUT2D eigenvalue weighted by molar-refractivity contribution is -0.116. The maximum atomic E-state index is 12.8. The van der Waals surface area contributed by atoms with Crippen LogP contribution in [0.4, 0.5) is 0 Å². The van der Waals surface area contributed by atoms with E-state index in [1.807, 2.05) is 41.3 Å². The van der Waals surface area contributed by atoms with E-state index >= 15 is 0 Å². The summed E-state index contributed by atoms with van der Waals surface area (Å²) in [6.07, 6.45) is 4.29. The number of hydrogen-bond acceptors (Lipinski definition) is 11. The van der Waals surface area contributed by atoms with Crippen LogP contribution in [0.25, 0.3) is 34.8 Å². The molecule has 0 spiro atoms. The van der Waals surface area contributed by atoms with E-state index < -0.39 is 5.97 Å². The van der Waals surface area contributed by atoms with E-state index in [-0.39, 0.29) is 23.3 Å². The Morgan fingerprint density at radius 1 is 0.706 bits per heavy atom. The smallest absolute Gasteiger partial charge is 0.335 e. The number of nitrogens with zero attached hydrogens (tertiary/aromatic N) is 2. The van der Waals surface area contributed by atoms with Crippen molar-refractivity contribution in [3.63, 3.8) is 0 Å². The summed E-state index contributed by atoms with van der Waals surface area (Å²) in [5, 5.41) is 14.0. The fourth-order valence-corrected chi connectivity index (χ4v) is 7.31. The molecular weight excluding hydrogens is 729 g/mol. The van der Waals surface area contributed by atoms with Crippen molar-refractivity contribution in [2.45, 2.75) is 6.42 Å². The van der Waals surface area contributed by atoms with Gasteiger partial charge in [-0.3, -0.25) is 14.4 Å². The van der Waals surface area contributed by atoms with Crippen molar-refractivity contribution < 1.29 is 33.1 Å². The number of rotatable bonds is 6. The standard InChI is InChI=1S/C21H21N3O3S2.C15H9NO4S2/c1-23-9-2-10-24(12-11-23)20(26)15-5-3-14(4-6-15)17-8-7-16(27-17)13-18-19(25)22-21(28)29-18;17-13-12(22-15(21)16-13)7-10-5-6-11(20-10)8-1-3-9(4-2-8)14(18)19/h3-8,13H,2,9-12H2,1H3,(H,22,25,28);1-7H,(H,18,19)(H,16,17,21)/b18-13-;12-7-. The molecule has 3 aliphatic rings. The molecule has 51 heavy (non-hydrogen) atoms. The van der Waals surface area contributed by atoms with Crippen molar-refractivity contribution in [1.82, 2.24) is 20.4 Å². The third-order valence-corrected chi connectivity index (χ3v) is 10.2. The lowest BCUT2D eigenvalue weighted by Crippen LogP contribution is -2.34. The van der Waals surface area contributed by atoms with Crippen LogP contribution in [0.1, 0.15) is 38.7 Å². The lowest BCUT2D eigenvalue weighted by Gasteiger charge is -2.20. The number of carbonyl (C=O) groups excluding carboxylic acids is 3. The molecule has 2 aromatic carbocycles. The Morgan fingerprint density at radius 3 is 1.65 bits per heavy atom. The topological polar surface area (TPSA) is 145 Å². The van der Waals surface area contributed by atoms with Crippen molar-refractivity contribution >= 4 is 92.4 Å². The number of benzene rings is 2. The average molecular weight is 759 g/mol. The van der Waals surface area contributed by atoms with Gasteiger partial charge in [-0.05, 0) is 68.5 Å². The first-order valence-electron chi connectivity index (χ1n) is 15.6. The zero-order chi connectivity index (χ0) is 36.1. The molecule has 0 saturated carbocycles. The lowest BCUT2D eigenvalue weighted by atomic mass is 10.1. The summed E-state index contributed by atoms with van der Waals surface area (Å²) in [6, 6.07) is 21.0. The van der Waals surface area contributed by atoms with Crippen LogP contribution in [0.5, 0.6) is 0 Å². The minimum Gasteiger partial charge on any atom is -0.478 e. The van der Waals surface area contributed by atoms with Gasteiger partial charge in [-0.2, -0.15) is 0 Å². The number of aromatic carboxylic acids is 1. The normalized spacial score (nSPS) is 18.0. The quantitative estimate of drug-likeness (QED) is 0.149. The van der Waals surface area contributed by atoms with Crippen molar-refractivity contribution in [3.8, 4) is 22.6 Å². The van der Waals surface area contributed by atoms with Gasteiger partial charge in [0.2, 0.25) is 0 Å². The number of likely N-dealkylation sites (N-methyl/N-ethyl adjacent to an activating group) is 1. The van der Waals surface area contributed by atoms with Crippen molar-refractivity contribution in [1.29, 1.82) is 0 Å². The number of carboxylic acid groups (broad SMARTS) is 1. The Bertz CT molecular complexity index is 2080. The third-order valence-electron chi connectivity index (χ3n) is 7.92. The summed E-state index contributed by atoms with van der Waals surface area (Å²) >= 11 is 12.3. The third kappa shape index (κ3) is 9.11. The summed E-state index contributed by atoms with van der Waals surface area (Å²) in [6.45, 7) is 3.46. The van der Waals surface area contributed by atoms with Gasteiger partial charge in [0, 0.05) is 48.5 Å². The van der Waals surface area contributed by atoms with Crippen LogP contribution in [0.3, 0.4) is 0 Å². The van der Waals surface area contributed by atoms with Gasteiger partial charge in [0.1, 0.15) is 31.7 Å². The highest BCUT2D eigenvalue weighted by atomic mass is 32.2. The highest BCUT2D eigenvalue weighted by Gasteiger charge is 2.24. The zero-order valence-corrected chi connectivity index (χ0v) is 30.3. The van der Waals surface area contributed by atoms with Gasteiger partial charge in [-0.1, -0.05) is 72.2 Å². The first kappa shape index (κ1) is 36.0. The molecule has 0 radical (unpaired) electrons. The second-order valence-corrected chi connectivity index (χ2v) is 15.0. The molecule has 0 bridgehead atoms. The molecule has 5 heterocycles. The molecule has 4 aromatic rings. The van der Waals surface area contributed by atoms with Crippen LogP contribution in [0.2, 0.25) is 0 Å². The van der Waals surface area contributed by atoms with E-state index in [0.29, 0.717) is 47.1 Å². The van der Waals surface area contributed by atoms with Crippen molar-refractivity contribution in [2.24, 2.45) is 0 Å². The number of thiocarbonyl (C=S) groups is 2. The Hall–Kier alpha value is -4.80. The number of carbonyl (C=O) groups is 4. The number of carboxylic acids is 1. The van der Waals surface area contributed by atoms with Gasteiger partial charge in [-0.15, -0.1) is 0 Å². The summed E-state index contributed by atoms with van der Waals surface area (Å²) in [7, 11) is 2.09. The number of furan rings is 2. The molecule has 3 saturated heterocycles. The van der Waals surface area contributed by atoms with Crippen LogP contribution in [0.15, 0.2) is 91.4 Å². The van der Waals surface area contributed by atoms with Gasteiger partial charge in [0.25, 0.3) is 17.7 Å². The van der Waals surface area contributed by atoms with Crippen LogP contribution in [0, 0.1) is 0 Å². The van der Waals surface area contributed by atoms with E-state index in [0.717, 1.165) is 43.7 Å². The van der Waals surface area contributed by atoms with E-state index in [1.54, 1.807) is 36.4 Å². The van der Waals surface area contributed by atoms with E-state index in [2.05, 4.69) is 22.6 Å². The van der Waals surface area contributed by atoms with Crippen molar-refractivity contribution in [3.05, 3.63) is 105 Å². The Balaban J connectivity index is 0.000000183. The van der Waals surface area contributed by atoms with Crippen LogP contribution in [-0.2, 0) is 9.59 Å². The number of nitrogens with one attached hydrogen (secondary N) is 2. The van der Waals surface area contributed by atoms with Crippen LogP contribution in [-0.4, -0.2) is 80.5 Å². The molecule has 2 aromatic heterocycles. The maximum absolute atomic E-state index is 12.8. The maximum Gasteiger partial charge on any atom is 0.335 e. The van der Waals surface area contributed by atoms with E-state index in [4.69, 9.17) is 38.4 Å². The predicted molar refractivity (Wildman–Crippen MR) is 206 cm³/mol. The molecule has 11 nitrogen and oxygen atoms in total. The first-order chi connectivity index (χ1) is 24.5. The average Bonchev–Trinajstić information content (AvgIpc) is 3.88. The number of hydrogen-bond donors (Lipinski definition) is 3. The molecule has 260 valence electrons. The Morgan fingerprint density at radius 2 is 1.20 bits per heavy atom. The molecular formula is C36H30N4O7S4. The number of thioether (sulfide) groups is 2. The second kappa shape index (κ2) is 16.0. The van der Waals surface area contributed by atoms with Crippen LogP contribution >= 0.6 is 48.0 Å². The van der Waals surface area contributed by atoms with Crippen molar-refractivity contribution in [2.75, 3.05) is 33.2 Å². The van der Waals surface area contributed by atoms with Gasteiger partial charge in [-0.25, -0.2) is 4.79 Å². The Kier molecular flexibility index (Phi) is 11.3. The largest absolute Gasteiger partial charge is 0.478 e. The highest BCUT2D eigenvalue weighted by Crippen LogP contribution is 2.30. The summed E-state index contributed by atoms with van der Waals surface area (Å²) in [4.78, 5) is 52.1. The molecule has 0 unspecified atom stereocenters. The molecule has 15 heteroatoms. The van der Waals surface area contributed by atoms with Gasteiger partial charge in [0.15, 0.2) is 0 Å². The molecule has 3 amide bonds. The van der Waals surface area contributed by atoms with E-state index in [1.165, 1.54) is 35.7 Å². The SMILES string of the molecule is CN1CCCN(C(=O)c2ccc(-c3ccc(/C=C4\SC(=S)NC4=O)o3)cc2)CC1.O=C1NC(=S)S/C1=C\c1ccc(-c2ccc(C(=O)O)cc2)o1. The fraction of sp³-hybridized carbons (Fsp3) is 0.167. The molecule has 7 rings (SSSR count). The predicted octanol–water partition coefficient (Wildman–Crippen LogP) is 6.35.